The molecule has 0 aliphatic heterocycles. The van der Waals surface area contributed by atoms with Crippen LogP contribution in [0.3, 0.4) is 0 Å². The third-order valence-electron chi connectivity index (χ3n) is 1.13. The summed E-state index contributed by atoms with van der Waals surface area (Å²) in [6, 6.07) is 11.4. The van der Waals surface area contributed by atoms with E-state index in [2.05, 4.69) is 9.97 Å². The van der Waals surface area contributed by atoms with Gasteiger partial charge in [0.25, 0.3) is 0 Å². The van der Waals surface area contributed by atoms with Crippen LogP contribution in [0, 0.1) is 0 Å². The Kier molecular flexibility index (Phi) is 28.6. The number of hydrogen-bond acceptors (Lipinski definition) is 4. The van der Waals surface area contributed by atoms with Crippen LogP contribution in [0.4, 0.5) is 0 Å². The molecule has 0 radical (unpaired) electrons. The molecule has 0 fully saturated rings. The minimum Gasteiger partial charge on any atom is -0.724 e. The van der Waals surface area contributed by atoms with Crippen molar-refractivity contribution >= 4 is 12.2 Å². The zero-order valence-electron chi connectivity index (χ0n) is 10.1. The van der Waals surface area contributed by atoms with Gasteiger partial charge in [-0.25, -0.2) is 0 Å². The summed E-state index contributed by atoms with van der Waals surface area (Å²) in [7, 11) is 0. The van der Waals surface area contributed by atoms with Crippen molar-refractivity contribution in [2.24, 2.45) is 0 Å². The summed E-state index contributed by atoms with van der Waals surface area (Å²) in [5.74, 6) is 0. The second-order valence-electron chi connectivity index (χ2n) is 2.23. The maximum atomic E-state index is 8.24. The first kappa shape index (κ1) is 21.9. The molecule has 0 aliphatic rings. The first-order chi connectivity index (χ1) is 8.83. The zero-order chi connectivity index (χ0) is 13.9. The van der Waals surface area contributed by atoms with Crippen molar-refractivity contribution in [3.8, 4) is 0 Å². The molecule has 92 valence electrons. The fraction of sp³-hybridized carbons (Fsp3) is 0. The molecule has 0 amide bonds. The maximum absolute atomic E-state index is 8.24. The Balaban J connectivity index is -0.000000188. The Labute approximate surface area is 123 Å². The van der Waals surface area contributed by atoms with E-state index >= 15 is 0 Å². The van der Waals surface area contributed by atoms with Crippen molar-refractivity contribution in [3.63, 3.8) is 0 Å². The van der Waals surface area contributed by atoms with Crippen LogP contribution < -0.4 is 0 Å². The van der Waals surface area contributed by atoms with E-state index in [9.17, 15) is 0 Å². The molecule has 2 heterocycles. The summed E-state index contributed by atoms with van der Waals surface area (Å²) < 4.78 is 0. The minimum atomic E-state index is 0. The second kappa shape index (κ2) is 24.8. The molecule has 0 unspecified atom stereocenters. The molecule has 2 rings (SSSR count). The number of rotatable bonds is 0. The van der Waals surface area contributed by atoms with Gasteiger partial charge in [-0.15, -0.1) is 0 Å². The molecule has 0 spiro atoms. The van der Waals surface area contributed by atoms with E-state index in [-0.39, 0.29) is 19.5 Å². The fourth-order valence-corrected chi connectivity index (χ4v) is 0.625. The smallest absolute Gasteiger partial charge is 0.724 e. The molecule has 19 heavy (non-hydrogen) atoms. The topological polar surface area (TPSA) is 105 Å². The maximum Gasteiger partial charge on any atom is 2.00 e. The average Bonchev–Trinajstić information content (AvgIpc) is 2.45. The molecule has 6 nitrogen and oxygen atoms in total. The van der Waals surface area contributed by atoms with Gasteiger partial charge in [-0.3, -0.25) is 19.6 Å². The second-order valence-corrected chi connectivity index (χ2v) is 2.23. The van der Waals surface area contributed by atoms with Crippen LogP contribution in [0.5, 0.6) is 0 Å². The van der Waals surface area contributed by atoms with Gasteiger partial charge < -0.3 is 10.8 Å². The molecular weight excluding hydrogens is 298 g/mol. The number of carbonyl (C=O) groups excluding carboxylic acids is 2. The van der Waals surface area contributed by atoms with Gasteiger partial charge in [-0.1, -0.05) is 12.1 Å². The summed E-state index contributed by atoms with van der Waals surface area (Å²) in [6.07, 6.45) is 8.00. The Bertz CT molecular complexity index is 331. The third kappa shape index (κ3) is 31.3. The molecule has 0 bridgehead atoms. The first-order valence-electron chi connectivity index (χ1n) is 4.55. The predicted octanol–water partition coefficient (Wildman–Crippen LogP) is 1.94. The Morgan fingerprint density at radius 2 is 0.842 bits per heavy atom. The van der Waals surface area contributed by atoms with Crippen molar-refractivity contribution in [1.82, 2.24) is 9.97 Å². The average molecular weight is 308 g/mol. The summed E-state index contributed by atoms with van der Waals surface area (Å²) in [5.41, 5.74) is 0. The monoisotopic (exact) mass is 306 g/mol. The summed E-state index contributed by atoms with van der Waals surface area (Å²) >= 11 is 0. The van der Waals surface area contributed by atoms with E-state index in [1.54, 1.807) is 24.8 Å². The summed E-state index contributed by atoms with van der Waals surface area (Å²) in [5, 5.41) is 13.5. The Hall–Kier alpha value is -2.32. The van der Waals surface area contributed by atoms with Crippen LogP contribution in [-0.4, -0.2) is 22.1 Å². The van der Waals surface area contributed by atoms with Gasteiger partial charge in [0, 0.05) is 24.8 Å². The molecule has 0 saturated carbocycles. The first-order valence-corrected chi connectivity index (χ1v) is 4.55. The van der Waals surface area contributed by atoms with Gasteiger partial charge >= 0.3 is 19.5 Å². The molecule has 0 aromatic carbocycles. The molecule has 0 atom stereocenters. The van der Waals surface area contributed by atoms with Crippen LogP contribution in [0.2, 0.25) is 0 Å². The van der Waals surface area contributed by atoms with Gasteiger partial charge in [0.05, 0.1) is 0 Å². The predicted molar refractivity (Wildman–Crippen MR) is 66.6 cm³/mol. The van der Waals surface area contributed by atoms with Gasteiger partial charge in [0.15, 0.2) is 0 Å². The van der Waals surface area contributed by atoms with Crippen LogP contribution in [0.1, 0.15) is 0 Å². The molecule has 0 N–H and O–H groups in total. The van der Waals surface area contributed by atoms with Crippen molar-refractivity contribution in [1.29, 1.82) is 0 Å². The van der Waals surface area contributed by atoms with Crippen molar-refractivity contribution in [3.05, 3.63) is 72.0 Å². The number of isocyanates is 2. The van der Waals surface area contributed by atoms with E-state index in [1.807, 2.05) is 36.4 Å². The van der Waals surface area contributed by atoms with Crippen LogP contribution >= 0.6 is 0 Å². The van der Waals surface area contributed by atoms with Crippen LogP contribution in [0.25, 0.3) is 10.8 Å². The van der Waals surface area contributed by atoms with Crippen molar-refractivity contribution in [2.45, 2.75) is 0 Å². The normalized spacial score (nSPS) is 5.89. The summed E-state index contributed by atoms with van der Waals surface area (Å²) in [6.45, 7) is 0. The summed E-state index contributed by atoms with van der Waals surface area (Å²) in [4.78, 5) is 24.0. The fourth-order valence-electron chi connectivity index (χ4n) is 0.625. The third-order valence-corrected chi connectivity index (χ3v) is 1.13. The number of pyridine rings is 2. The van der Waals surface area contributed by atoms with Crippen molar-refractivity contribution in [2.75, 3.05) is 0 Å². The molecular formula is C12H10N4O2Zn. The molecule has 0 saturated heterocycles. The van der Waals surface area contributed by atoms with E-state index in [1.165, 1.54) is 0 Å². The molecule has 7 heteroatoms. The van der Waals surface area contributed by atoms with Crippen LogP contribution in [-0.2, 0) is 29.1 Å². The van der Waals surface area contributed by atoms with E-state index in [0.717, 1.165) is 0 Å². The van der Waals surface area contributed by atoms with Gasteiger partial charge in [-0.2, -0.15) is 0 Å². The minimum absolute atomic E-state index is 0. The van der Waals surface area contributed by atoms with Gasteiger partial charge in [0.1, 0.15) is 0 Å². The zero-order valence-corrected chi connectivity index (χ0v) is 13.1. The number of aromatic nitrogens is 2. The van der Waals surface area contributed by atoms with Crippen molar-refractivity contribution < 1.29 is 29.1 Å². The standard InChI is InChI=1S/2C5H5N.2CNO.Zn/c2*1-2-4-6-5-3-1;2*2-1-3;/h2*1-5H;;;/q;;2*-1;+2. The SMILES string of the molecule is [N-]=C=O.[N-]=C=O.[Zn+2].c1ccncc1.c1ccncc1. The van der Waals surface area contributed by atoms with E-state index in [4.69, 9.17) is 20.4 Å². The van der Waals surface area contributed by atoms with E-state index in [0.29, 0.717) is 12.2 Å². The Morgan fingerprint density at radius 3 is 0.895 bits per heavy atom. The number of hydrogen-bond donors (Lipinski definition) is 0. The largest absolute Gasteiger partial charge is 2.00 e. The quantitative estimate of drug-likeness (QED) is 0.421. The Morgan fingerprint density at radius 1 is 0.632 bits per heavy atom. The van der Waals surface area contributed by atoms with Crippen LogP contribution in [0.15, 0.2) is 61.2 Å². The molecule has 0 aliphatic carbocycles. The van der Waals surface area contributed by atoms with Gasteiger partial charge in [0.2, 0.25) is 0 Å². The number of nitrogens with zero attached hydrogens (tertiary/aromatic N) is 4. The molecule has 2 aromatic rings. The molecule has 2 aromatic heterocycles. The van der Waals surface area contributed by atoms with Gasteiger partial charge in [-0.05, 0) is 36.4 Å². The van der Waals surface area contributed by atoms with E-state index < -0.39 is 0 Å².